The number of rotatable bonds is 5. The average molecular weight is 442 g/mol. The molecule has 0 radical (unpaired) electrons. The number of nitrogens with zero attached hydrogens (tertiary/aromatic N) is 2. The highest BCUT2D eigenvalue weighted by atomic mass is 32.2. The average Bonchev–Trinajstić information content (AvgIpc) is 3.38. The summed E-state index contributed by atoms with van der Waals surface area (Å²) in [7, 11) is 0. The summed E-state index contributed by atoms with van der Waals surface area (Å²) in [5.41, 5.74) is 3.58. The lowest BCUT2D eigenvalue weighted by atomic mass is 10.2. The number of aromatic nitrogens is 1. The standard InChI is InChI=1S/C22H22N2O6S/c1-5-28-21(26)14(4)24-20(25)19(31-22(24)27)9-15-8-12(2)23(13(15)3)16-6-7-17-18(10-16)30-11-29-17/h6-10,14H,5,11H2,1-4H3. The van der Waals surface area contributed by atoms with Gasteiger partial charge in [-0.3, -0.25) is 14.5 Å². The lowest BCUT2D eigenvalue weighted by molar-refractivity contribution is -0.150. The molecular weight excluding hydrogens is 420 g/mol. The Labute approximate surface area is 183 Å². The Morgan fingerprint density at radius 3 is 2.71 bits per heavy atom. The number of benzene rings is 1. The van der Waals surface area contributed by atoms with Crippen molar-refractivity contribution in [1.29, 1.82) is 0 Å². The summed E-state index contributed by atoms with van der Waals surface area (Å²) in [6.07, 6.45) is 1.69. The molecule has 2 aromatic rings. The van der Waals surface area contributed by atoms with E-state index in [2.05, 4.69) is 0 Å². The Morgan fingerprint density at radius 2 is 1.97 bits per heavy atom. The van der Waals surface area contributed by atoms with Crippen LogP contribution < -0.4 is 9.47 Å². The first-order valence-electron chi connectivity index (χ1n) is 9.84. The van der Waals surface area contributed by atoms with Gasteiger partial charge in [0.2, 0.25) is 6.79 Å². The smallest absolute Gasteiger partial charge is 0.329 e. The molecule has 1 fully saturated rings. The predicted molar refractivity (Wildman–Crippen MR) is 115 cm³/mol. The monoisotopic (exact) mass is 442 g/mol. The summed E-state index contributed by atoms with van der Waals surface area (Å²) in [6, 6.07) is 6.67. The van der Waals surface area contributed by atoms with E-state index in [1.54, 1.807) is 13.0 Å². The van der Waals surface area contributed by atoms with Crippen LogP contribution in [0.25, 0.3) is 11.8 Å². The number of hydrogen-bond donors (Lipinski definition) is 0. The molecule has 1 aromatic carbocycles. The molecule has 0 spiro atoms. The van der Waals surface area contributed by atoms with Crippen LogP contribution in [-0.4, -0.2) is 46.0 Å². The van der Waals surface area contributed by atoms with Crippen LogP contribution in [0.4, 0.5) is 4.79 Å². The van der Waals surface area contributed by atoms with Gasteiger partial charge >= 0.3 is 5.97 Å². The predicted octanol–water partition coefficient (Wildman–Crippen LogP) is 3.81. The maximum absolute atomic E-state index is 12.8. The van der Waals surface area contributed by atoms with Crippen molar-refractivity contribution in [2.24, 2.45) is 0 Å². The van der Waals surface area contributed by atoms with Gasteiger partial charge in [-0.2, -0.15) is 0 Å². The molecule has 0 N–H and O–H groups in total. The Hall–Kier alpha value is -3.20. The van der Waals surface area contributed by atoms with E-state index in [0.717, 1.165) is 39.3 Å². The van der Waals surface area contributed by atoms with Gasteiger partial charge in [0.1, 0.15) is 6.04 Å². The number of aryl methyl sites for hydroxylation is 1. The van der Waals surface area contributed by atoms with Crippen LogP contribution in [0.3, 0.4) is 0 Å². The molecule has 162 valence electrons. The fourth-order valence-corrected chi connectivity index (χ4v) is 4.58. The lowest BCUT2D eigenvalue weighted by Gasteiger charge is -2.19. The summed E-state index contributed by atoms with van der Waals surface area (Å²) in [5, 5.41) is -0.485. The second-order valence-corrected chi connectivity index (χ2v) is 8.17. The number of fused-ring (bicyclic) bond motifs is 1. The molecule has 1 atom stereocenters. The van der Waals surface area contributed by atoms with Crippen LogP contribution in [-0.2, 0) is 14.3 Å². The molecular formula is C22H22N2O6S. The molecule has 8 nitrogen and oxygen atoms in total. The molecule has 2 aliphatic heterocycles. The summed E-state index contributed by atoms with van der Waals surface area (Å²) >= 11 is 0.821. The van der Waals surface area contributed by atoms with Crippen LogP contribution in [0, 0.1) is 13.8 Å². The van der Waals surface area contributed by atoms with E-state index in [9.17, 15) is 14.4 Å². The van der Waals surface area contributed by atoms with Crippen LogP contribution >= 0.6 is 11.8 Å². The summed E-state index contributed by atoms with van der Waals surface area (Å²) in [6.45, 7) is 7.45. The summed E-state index contributed by atoms with van der Waals surface area (Å²) in [5.74, 6) is 0.284. The van der Waals surface area contributed by atoms with Crippen LogP contribution in [0.5, 0.6) is 11.5 Å². The number of esters is 1. The van der Waals surface area contributed by atoms with Gasteiger partial charge in [0.25, 0.3) is 11.1 Å². The first-order chi connectivity index (χ1) is 14.8. The van der Waals surface area contributed by atoms with Crippen molar-refractivity contribution >= 4 is 35.0 Å². The van der Waals surface area contributed by atoms with Gasteiger partial charge in [0, 0.05) is 23.1 Å². The third kappa shape index (κ3) is 3.69. The van der Waals surface area contributed by atoms with Crippen molar-refractivity contribution in [3.63, 3.8) is 0 Å². The first-order valence-corrected chi connectivity index (χ1v) is 10.7. The molecule has 0 bridgehead atoms. The van der Waals surface area contributed by atoms with Crippen molar-refractivity contribution < 1.29 is 28.6 Å². The maximum atomic E-state index is 12.8. The highest BCUT2D eigenvalue weighted by molar-refractivity contribution is 8.18. The van der Waals surface area contributed by atoms with Crippen molar-refractivity contribution in [2.45, 2.75) is 33.7 Å². The van der Waals surface area contributed by atoms with Gasteiger partial charge in [0.15, 0.2) is 11.5 Å². The van der Waals surface area contributed by atoms with Gasteiger partial charge in [-0.1, -0.05) is 0 Å². The number of hydrogen-bond acceptors (Lipinski definition) is 7. The van der Waals surface area contributed by atoms with Gasteiger partial charge in [0.05, 0.1) is 11.5 Å². The van der Waals surface area contributed by atoms with Gasteiger partial charge in [-0.25, -0.2) is 4.79 Å². The Kier molecular flexibility index (Phi) is 5.53. The molecule has 4 rings (SSSR count). The number of ether oxygens (including phenoxy) is 3. The third-order valence-electron chi connectivity index (χ3n) is 5.21. The highest BCUT2D eigenvalue weighted by Gasteiger charge is 2.41. The molecule has 31 heavy (non-hydrogen) atoms. The zero-order chi connectivity index (χ0) is 22.3. The lowest BCUT2D eigenvalue weighted by Crippen LogP contribution is -2.42. The van der Waals surface area contributed by atoms with Crippen molar-refractivity contribution in [1.82, 2.24) is 9.47 Å². The maximum Gasteiger partial charge on any atom is 0.329 e. The number of thioether (sulfide) groups is 1. The van der Waals surface area contributed by atoms with Gasteiger partial charge < -0.3 is 18.8 Å². The molecule has 0 aliphatic carbocycles. The zero-order valence-corrected chi connectivity index (χ0v) is 18.4. The van der Waals surface area contributed by atoms with Crippen molar-refractivity contribution in [3.05, 3.63) is 46.1 Å². The Bertz CT molecular complexity index is 1120. The SMILES string of the molecule is CCOC(=O)C(C)N1C(=O)SC(=Cc2cc(C)n(-c3ccc4c(c3)OCO4)c2C)C1=O. The molecule has 1 saturated heterocycles. The second kappa shape index (κ2) is 8.14. The Balaban J connectivity index is 1.64. The molecule has 9 heteroatoms. The first kappa shape index (κ1) is 21.0. The number of amides is 2. The van der Waals surface area contributed by atoms with Crippen LogP contribution in [0.2, 0.25) is 0 Å². The minimum Gasteiger partial charge on any atom is -0.464 e. The van der Waals surface area contributed by atoms with E-state index in [0.29, 0.717) is 11.5 Å². The number of imide groups is 1. The minimum absolute atomic E-state index is 0.182. The topological polar surface area (TPSA) is 87.1 Å². The fraction of sp³-hybridized carbons (Fsp3) is 0.318. The number of carbonyl (C=O) groups excluding carboxylic acids is 3. The van der Waals surface area contributed by atoms with Crippen molar-refractivity contribution in [2.75, 3.05) is 13.4 Å². The molecule has 3 heterocycles. The van der Waals surface area contributed by atoms with Crippen LogP contribution in [0.1, 0.15) is 30.8 Å². The van der Waals surface area contributed by atoms with E-state index < -0.39 is 23.2 Å². The molecule has 1 aromatic heterocycles. The normalized spacial score (nSPS) is 17.5. The highest BCUT2D eigenvalue weighted by Crippen LogP contribution is 2.37. The summed E-state index contributed by atoms with van der Waals surface area (Å²) < 4.78 is 17.8. The van der Waals surface area contributed by atoms with E-state index in [1.807, 2.05) is 42.7 Å². The quantitative estimate of drug-likeness (QED) is 0.514. The van der Waals surface area contributed by atoms with E-state index in [-0.39, 0.29) is 18.3 Å². The number of carbonyl (C=O) groups is 3. The van der Waals surface area contributed by atoms with E-state index >= 15 is 0 Å². The molecule has 1 unspecified atom stereocenters. The fourth-order valence-electron chi connectivity index (χ4n) is 3.68. The minimum atomic E-state index is -0.973. The second-order valence-electron chi connectivity index (χ2n) is 7.18. The third-order valence-corrected chi connectivity index (χ3v) is 6.09. The molecule has 2 amide bonds. The Morgan fingerprint density at radius 1 is 1.23 bits per heavy atom. The van der Waals surface area contributed by atoms with Gasteiger partial charge in [-0.15, -0.1) is 0 Å². The zero-order valence-electron chi connectivity index (χ0n) is 17.6. The van der Waals surface area contributed by atoms with Crippen molar-refractivity contribution in [3.8, 4) is 17.2 Å². The largest absolute Gasteiger partial charge is 0.464 e. The van der Waals surface area contributed by atoms with E-state index in [1.165, 1.54) is 6.92 Å². The van der Waals surface area contributed by atoms with Crippen LogP contribution in [0.15, 0.2) is 29.2 Å². The van der Waals surface area contributed by atoms with Gasteiger partial charge in [-0.05, 0) is 69.3 Å². The molecule has 0 saturated carbocycles. The molecule has 2 aliphatic rings. The van der Waals surface area contributed by atoms with E-state index in [4.69, 9.17) is 14.2 Å². The summed E-state index contributed by atoms with van der Waals surface area (Å²) in [4.78, 5) is 38.5.